The summed E-state index contributed by atoms with van der Waals surface area (Å²) in [6, 6.07) is 9.10. The standard InChI is InChI=1S/C16H15BrClN3O5S/c1-10(16(23)21-13-6-3-7-19-15(13)18)26-14(22)9-20-27(24,25)12-5-2-4-11(17)8-12/h2-8,10,20H,9H2,1H3,(H,21,23). The molecule has 27 heavy (non-hydrogen) atoms. The zero-order valence-corrected chi connectivity index (χ0v) is 17.1. The number of ether oxygens (including phenoxy) is 1. The van der Waals surface area contributed by atoms with Crippen LogP contribution in [0.4, 0.5) is 5.69 Å². The van der Waals surface area contributed by atoms with Crippen LogP contribution in [0, 0.1) is 0 Å². The molecule has 2 aromatic rings. The molecule has 1 heterocycles. The second-order valence-corrected chi connectivity index (χ2v) is 8.29. The topological polar surface area (TPSA) is 114 Å². The Balaban J connectivity index is 1.89. The van der Waals surface area contributed by atoms with Gasteiger partial charge in [-0.05, 0) is 37.3 Å². The van der Waals surface area contributed by atoms with Gasteiger partial charge in [0.1, 0.15) is 6.54 Å². The molecule has 0 bridgehead atoms. The first kappa shape index (κ1) is 21.3. The van der Waals surface area contributed by atoms with E-state index < -0.39 is 34.5 Å². The van der Waals surface area contributed by atoms with Crippen LogP contribution in [-0.4, -0.2) is 37.9 Å². The number of carbonyl (C=O) groups excluding carboxylic acids is 2. The van der Waals surface area contributed by atoms with E-state index in [1.54, 1.807) is 18.2 Å². The van der Waals surface area contributed by atoms with Crippen LogP contribution in [0.2, 0.25) is 5.15 Å². The Morgan fingerprint density at radius 2 is 2.04 bits per heavy atom. The maximum atomic E-state index is 12.1. The van der Waals surface area contributed by atoms with Gasteiger partial charge in [0.05, 0.1) is 10.6 Å². The van der Waals surface area contributed by atoms with Gasteiger partial charge in [-0.15, -0.1) is 0 Å². The summed E-state index contributed by atoms with van der Waals surface area (Å²) in [5.74, 6) is -1.54. The minimum absolute atomic E-state index is 0.0123. The Bertz CT molecular complexity index is 955. The highest BCUT2D eigenvalue weighted by Crippen LogP contribution is 2.18. The summed E-state index contributed by atoms with van der Waals surface area (Å²) in [6.45, 7) is 0.723. The number of nitrogens with zero attached hydrogens (tertiary/aromatic N) is 1. The number of aromatic nitrogens is 1. The maximum Gasteiger partial charge on any atom is 0.321 e. The summed E-state index contributed by atoms with van der Waals surface area (Å²) in [6.07, 6.45) is 0.294. The van der Waals surface area contributed by atoms with E-state index in [9.17, 15) is 18.0 Å². The van der Waals surface area contributed by atoms with Crippen LogP contribution in [0.25, 0.3) is 0 Å². The van der Waals surface area contributed by atoms with Crippen LogP contribution in [0.15, 0.2) is 52.0 Å². The van der Waals surface area contributed by atoms with Gasteiger partial charge >= 0.3 is 5.97 Å². The smallest absolute Gasteiger partial charge is 0.321 e. The first-order chi connectivity index (χ1) is 12.7. The fourth-order valence-corrected chi connectivity index (χ4v) is 3.61. The van der Waals surface area contributed by atoms with Gasteiger partial charge < -0.3 is 10.1 Å². The Hall–Kier alpha value is -2.01. The van der Waals surface area contributed by atoms with Crippen molar-refractivity contribution in [3.8, 4) is 0 Å². The van der Waals surface area contributed by atoms with Gasteiger partial charge in [0.15, 0.2) is 11.3 Å². The quantitative estimate of drug-likeness (QED) is 0.468. The number of anilines is 1. The lowest BCUT2D eigenvalue weighted by Crippen LogP contribution is -2.35. The second kappa shape index (κ2) is 9.27. The lowest BCUT2D eigenvalue weighted by atomic mass is 10.3. The molecule has 1 aromatic heterocycles. The first-order valence-corrected chi connectivity index (χ1v) is 10.2. The predicted octanol–water partition coefficient (Wildman–Crippen LogP) is 2.35. The van der Waals surface area contributed by atoms with Crippen molar-refractivity contribution in [2.75, 3.05) is 11.9 Å². The van der Waals surface area contributed by atoms with E-state index in [1.165, 1.54) is 31.3 Å². The first-order valence-electron chi connectivity index (χ1n) is 7.55. The largest absolute Gasteiger partial charge is 0.452 e. The number of rotatable bonds is 7. The summed E-state index contributed by atoms with van der Waals surface area (Å²) in [4.78, 5) is 27.7. The third kappa shape index (κ3) is 6.28. The van der Waals surface area contributed by atoms with Gasteiger partial charge in [-0.2, -0.15) is 4.72 Å². The van der Waals surface area contributed by atoms with Crippen molar-refractivity contribution in [2.45, 2.75) is 17.9 Å². The van der Waals surface area contributed by atoms with Crippen molar-refractivity contribution in [1.82, 2.24) is 9.71 Å². The summed E-state index contributed by atoms with van der Waals surface area (Å²) in [5.41, 5.74) is 0.266. The molecule has 0 radical (unpaired) electrons. The average Bonchev–Trinajstić information content (AvgIpc) is 2.62. The molecule has 0 saturated carbocycles. The summed E-state index contributed by atoms with van der Waals surface area (Å²) < 4.78 is 31.9. The fraction of sp³-hybridized carbons (Fsp3) is 0.188. The molecule has 0 fully saturated rings. The molecular formula is C16H15BrClN3O5S. The van der Waals surface area contributed by atoms with Crippen molar-refractivity contribution < 1.29 is 22.7 Å². The monoisotopic (exact) mass is 475 g/mol. The van der Waals surface area contributed by atoms with Gasteiger partial charge in [-0.1, -0.05) is 33.6 Å². The molecule has 144 valence electrons. The van der Waals surface area contributed by atoms with Crippen LogP contribution in [-0.2, 0) is 24.3 Å². The van der Waals surface area contributed by atoms with Crippen LogP contribution in [0.1, 0.15) is 6.92 Å². The van der Waals surface area contributed by atoms with Gasteiger partial charge in [0.2, 0.25) is 10.0 Å². The lowest BCUT2D eigenvalue weighted by molar-refractivity contribution is -0.151. The minimum atomic E-state index is -3.90. The van der Waals surface area contributed by atoms with E-state index in [0.717, 1.165) is 0 Å². The molecule has 2 rings (SSSR count). The van der Waals surface area contributed by atoms with E-state index >= 15 is 0 Å². The fourth-order valence-electron chi connectivity index (χ4n) is 1.88. The van der Waals surface area contributed by atoms with E-state index in [1.807, 2.05) is 0 Å². The molecule has 0 aliphatic heterocycles. The van der Waals surface area contributed by atoms with E-state index in [2.05, 4.69) is 31.0 Å². The number of sulfonamides is 1. The van der Waals surface area contributed by atoms with Crippen molar-refractivity contribution in [3.63, 3.8) is 0 Å². The number of halogens is 2. The Morgan fingerprint density at radius 3 is 2.70 bits per heavy atom. The zero-order chi connectivity index (χ0) is 20.0. The molecule has 1 atom stereocenters. The SMILES string of the molecule is CC(OC(=O)CNS(=O)(=O)c1cccc(Br)c1)C(=O)Nc1cccnc1Cl. The van der Waals surface area contributed by atoms with E-state index in [0.29, 0.717) is 4.47 Å². The van der Waals surface area contributed by atoms with Crippen molar-refractivity contribution in [2.24, 2.45) is 0 Å². The number of benzene rings is 1. The number of esters is 1. The van der Waals surface area contributed by atoms with Gasteiger partial charge in [0.25, 0.3) is 5.91 Å². The molecule has 1 aromatic carbocycles. The number of nitrogens with one attached hydrogen (secondary N) is 2. The number of carbonyl (C=O) groups is 2. The normalized spacial score (nSPS) is 12.3. The highest BCUT2D eigenvalue weighted by molar-refractivity contribution is 9.10. The van der Waals surface area contributed by atoms with Gasteiger partial charge in [-0.25, -0.2) is 13.4 Å². The molecule has 1 amide bonds. The zero-order valence-electron chi connectivity index (χ0n) is 14.0. The molecule has 11 heteroatoms. The maximum absolute atomic E-state index is 12.1. The highest BCUT2D eigenvalue weighted by atomic mass is 79.9. The predicted molar refractivity (Wildman–Crippen MR) is 103 cm³/mol. The van der Waals surface area contributed by atoms with Crippen LogP contribution in [0.5, 0.6) is 0 Å². The number of hydrogen-bond donors (Lipinski definition) is 2. The van der Waals surface area contributed by atoms with E-state index in [4.69, 9.17) is 16.3 Å². The summed E-state index contributed by atoms with van der Waals surface area (Å²) in [7, 11) is -3.90. The Morgan fingerprint density at radius 1 is 1.30 bits per heavy atom. The molecule has 8 nitrogen and oxygen atoms in total. The summed E-state index contributed by atoms with van der Waals surface area (Å²) in [5, 5.41) is 2.55. The minimum Gasteiger partial charge on any atom is -0.452 e. The Labute approximate surface area is 169 Å². The van der Waals surface area contributed by atoms with Crippen molar-refractivity contribution >= 4 is 55.1 Å². The van der Waals surface area contributed by atoms with E-state index in [-0.39, 0.29) is 15.7 Å². The Kier molecular flexibility index (Phi) is 7.31. The van der Waals surface area contributed by atoms with Gasteiger partial charge in [-0.3, -0.25) is 9.59 Å². The molecule has 1 unspecified atom stereocenters. The van der Waals surface area contributed by atoms with Crippen LogP contribution >= 0.6 is 27.5 Å². The molecule has 2 N–H and O–H groups in total. The average molecular weight is 477 g/mol. The number of hydrogen-bond acceptors (Lipinski definition) is 6. The van der Waals surface area contributed by atoms with Crippen LogP contribution < -0.4 is 10.0 Å². The van der Waals surface area contributed by atoms with Crippen molar-refractivity contribution in [3.05, 3.63) is 52.2 Å². The third-order valence-electron chi connectivity index (χ3n) is 3.21. The highest BCUT2D eigenvalue weighted by Gasteiger charge is 2.21. The molecule has 0 spiro atoms. The molecular weight excluding hydrogens is 462 g/mol. The third-order valence-corrected chi connectivity index (χ3v) is 5.40. The van der Waals surface area contributed by atoms with Gasteiger partial charge in [0, 0.05) is 10.7 Å². The molecule has 0 aliphatic rings. The number of pyridine rings is 1. The molecule has 0 saturated heterocycles. The van der Waals surface area contributed by atoms with Crippen molar-refractivity contribution in [1.29, 1.82) is 0 Å². The van der Waals surface area contributed by atoms with Crippen LogP contribution in [0.3, 0.4) is 0 Å². The lowest BCUT2D eigenvalue weighted by Gasteiger charge is -2.14. The molecule has 0 aliphatic carbocycles. The second-order valence-electron chi connectivity index (χ2n) is 5.25. The summed E-state index contributed by atoms with van der Waals surface area (Å²) >= 11 is 9.01. The number of amides is 1.